The van der Waals surface area contributed by atoms with Gasteiger partial charge in [-0.25, -0.2) is 0 Å². The Balaban J connectivity index is 1.89. The summed E-state index contributed by atoms with van der Waals surface area (Å²) in [5, 5.41) is 15.0. The van der Waals surface area contributed by atoms with E-state index in [1.54, 1.807) is 12.4 Å². The molecule has 1 aromatic rings. The lowest BCUT2D eigenvalue weighted by Crippen LogP contribution is -2.35. The second-order valence-electron chi connectivity index (χ2n) is 3.88. The molecule has 0 radical (unpaired) electrons. The van der Waals surface area contributed by atoms with E-state index < -0.39 is 6.10 Å². The van der Waals surface area contributed by atoms with Gasteiger partial charge in [0.05, 0.1) is 6.10 Å². The quantitative estimate of drug-likeness (QED) is 0.807. The first-order valence-electron chi connectivity index (χ1n) is 4.89. The summed E-state index contributed by atoms with van der Waals surface area (Å²) >= 11 is 1.15. The molecule has 1 N–H and O–H groups in total. The lowest BCUT2D eigenvalue weighted by molar-refractivity contribution is 0.0640. The first-order chi connectivity index (χ1) is 7.18. The van der Waals surface area contributed by atoms with Crippen LogP contribution in [-0.4, -0.2) is 45.2 Å². The van der Waals surface area contributed by atoms with E-state index in [0.717, 1.165) is 24.4 Å². The number of likely N-dealkylation sites (N-methyl/N-ethyl adjacent to an activating group) is 1. The van der Waals surface area contributed by atoms with Gasteiger partial charge in [-0.1, -0.05) is 4.49 Å². The number of aromatic nitrogens is 2. The first-order valence-corrected chi connectivity index (χ1v) is 5.72. The van der Waals surface area contributed by atoms with Gasteiger partial charge in [0.1, 0.15) is 0 Å². The summed E-state index contributed by atoms with van der Waals surface area (Å²) in [5.41, 5.74) is 0.352. The standard InChI is InChI=1S/C9H13N3O2S/c1-12(4-8(13)6-2-3-6)9(14)7-5-15-11-10-7/h5-6,8,13H,2-4H2,1H3. The van der Waals surface area contributed by atoms with Crippen LogP contribution >= 0.6 is 11.5 Å². The van der Waals surface area contributed by atoms with Gasteiger partial charge < -0.3 is 10.0 Å². The van der Waals surface area contributed by atoms with Gasteiger partial charge in [-0.2, -0.15) is 0 Å². The second kappa shape index (κ2) is 4.24. The van der Waals surface area contributed by atoms with Crippen molar-refractivity contribution in [2.45, 2.75) is 18.9 Å². The predicted octanol–water partition coefficient (Wildman–Crippen LogP) is 0.381. The summed E-state index contributed by atoms with van der Waals surface area (Å²) in [4.78, 5) is 13.2. The van der Waals surface area contributed by atoms with Crippen molar-refractivity contribution in [1.82, 2.24) is 14.5 Å². The molecular formula is C9H13N3O2S. The Hall–Kier alpha value is -1.01. The predicted molar refractivity (Wildman–Crippen MR) is 55.6 cm³/mol. The number of rotatable bonds is 4. The van der Waals surface area contributed by atoms with Crippen molar-refractivity contribution in [3.8, 4) is 0 Å². The van der Waals surface area contributed by atoms with Crippen LogP contribution in [0.1, 0.15) is 23.3 Å². The summed E-state index contributed by atoms with van der Waals surface area (Å²) in [6.07, 6.45) is 1.74. The zero-order valence-electron chi connectivity index (χ0n) is 8.46. The van der Waals surface area contributed by atoms with Gasteiger partial charge in [0, 0.05) is 19.0 Å². The van der Waals surface area contributed by atoms with E-state index in [9.17, 15) is 9.90 Å². The monoisotopic (exact) mass is 227 g/mol. The lowest BCUT2D eigenvalue weighted by atomic mass is 10.2. The summed E-state index contributed by atoms with van der Waals surface area (Å²) in [6.45, 7) is 0.376. The Bertz CT molecular complexity index is 337. The first kappa shape index (κ1) is 10.5. The van der Waals surface area contributed by atoms with Crippen LogP contribution in [-0.2, 0) is 0 Å². The number of hydrogen-bond donors (Lipinski definition) is 1. The van der Waals surface area contributed by atoms with Crippen LogP contribution in [0.15, 0.2) is 5.38 Å². The number of aliphatic hydroxyl groups is 1. The van der Waals surface area contributed by atoms with Gasteiger partial charge in [-0.3, -0.25) is 4.79 Å². The highest BCUT2D eigenvalue weighted by atomic mass is 32.1. The second-order valence-corrected chi connectivity index (χ2v) is 4.49. The minimum Gasteiger partial charge on any atom is -0.391 e. The Labute approximate surface area is 91.9 Å². The summed E-state index contributed by atoms with van der Waals surface area (Å²) < 4.78 is 3.63. The number of carbonyl (C=O) groups excluding carboxylic acids is 1. The average Bonchev–Trinajstić information content (AvgIpc) is 2.93. The highest BCUT2D eigenvalue weighted by Gasteiger charge is 2.31. The SMILES string of the molecule is CN(CC(O)C1CC1)C(=O)c1csnn1. The number of aliphatic hydroxyl groups excluding tert-OH is 1. The molecule has 0 aromatic carbocycles. The molecule has 1 heterocycles. The highest BCUT2D eigenvalue weighted by Crippen LogP contribution is 2.32. The van der Waals surface area contributed by atoms with E-state index >= 15 is 0 Å². The molecule has 1 amide bonds. The van der Waals surface area contributed by atoms with Crippen LogP contribution in [0.3, 0.4) is 0 Å². The Morgan fingerprint density at radius 3 is 3.07 bits per heavy atom. The molecule has 2 rings (SSSR count). The fourth-order valence-corrected chi connectivity index (χ4v) is 1.88. The third kappa shape index (κ3) is 2.51. The maximum Gasteiger partial charge on any atom is 0.275 e. The Morgan fingerprint density at radius 1 is 1.80 bits per heavy atom. The van der Waals surface area contributed by atoms with Crippen molar-refractivity contribution in [1.29, 1.82) is 0 Å². The molecule has 1 saturated carbocycles. The van der Waals surface area contributed by atoms with Gasteiger partial charge in [0.15, 0.2) is 5.69 Å². The van der Waals surface area contributed by atoms with Gasteiger partial charge in [0.25, 0.3) is 5.91 Å². The molecule has 5 nitrogen and oxygen atoms in total. The van der Waals surface area contributed by atoms with Crippen molar-refractivity contribution >= 4 is 17.4 Å². The van der Waals surface area contributed by atoms with Crippen molar-refractivity contribution in [2.75, 3.05) is 13.6 Å². The smallest absolute Gasteiger partial charge is 0.275 e. The molecule has 1 unspecified atom stereocenters. The normalized spacial score (nSPS) is 17.5. The molecule has 1 aromatic heterocycles. The molecule has 0 aliphatic heterocycles. The molecule has 1 fully saturated rings. The molecule has 15 heavy (non-hydrogen) atoms. The van der Waals surface area contributed by atoms with Crippen LogP contribution in [0.25, 0.3) is 0 Å². The van der Waals surface area contributed by atoms with E-state index in [1.807, 2.05) is 0 Å². The third-order valence-electron chi connectivity index (χ3n) is 2.55. The minimum atomic E-state index is -0.398. The molecule has 0 saturated heterocycles. The molecular weight excluding hydrogens is 214 g/mol. The maximum atomic E-state index is 11.7. The third-order valence-corrected chi connectivity index (χ3v) is 3.06. The molecule has 1 aliphatic carbocycles. The fourth-order valence-electron chi connectivity index (χ4n) is 1.45. The van der Waals surface area contributed by atoms with Crippen molar-refractivity contribution in [2.24, 2.45) is 5.92 Å². The Kier molecular flexibility index (Phi) is 2.97. The van der Waals surface area contributed by atoms with Gasteiger partial charge in [-0.15, -0.1) is 5.10 Å². The molecule has 0 spiro atoms. The van der Waals surface area contributed by atoms with Gasteiger partial charge >= 0.3 is 0 Å². The van der Waals surface area contributed by atoms with Crippen molar-refractivity contribution in [3.63, 3.8) is 0 Å². The highest BCUT2D eigenvalue weighted by molar-refractivity contribution is 7.03. The zero-order chi connectivity index (χ0) is 10.8. The van der Waals surface area contributed by atoms with E-state index in [2.05, 4.69) is 9.59 Å². The van der Waals surface area contributed by atoms with Crippen LogP contribution in [0, 0.1) is 5.92 Å². The lowest BCUT2D eigenvalue weighted by Gasteiger charge is -2.19. The average molecular weight is 227 g/mol. The largest absolute Gasteiger partial charge is 0.391 e. The number of carbonyl (C=O) groups is 1. The van der Waals surface area contributed by atoms with Crippen LogP contribution in [0.2, 0.25) is 0 Å². The van der Waals surface area contributed by atoms with Crippen molar-refractivity contribution < 1.29 is 9.90 Å². The topological polar surface area (TPSA) is 66.3 Å². The van der Waals surface area contributed by atoms with Gasteiger partial charge in [-0.05, 0) is 30.3 Å². The van der Waals surface area contributed by atoms with Crippen LogP contribution < -0.4 is 0 Å². The number of hydrogen-bond acceptors (Lipinski definition) is 5. The maximum absolute atomic E-state index is 11.7. The zero-order valence-corrected chi connectivity index (χ0v) is 9.28. The minimum absolute atomic E-state index is 0.177. The van der Waals surface area contributed by atoms with E-state index in [4.69, 9.17) is 0 Å². The van der Waals surface area contributed by atoms with Crippen LogP contribution in [0.4, 0.5) is 0 Å². The number of nitrogens with zero attached hydrogens (tertiary/aromatic N) is 3. The summed E-state index contributed by atoms with van der Waals surface area (Å²) in [6, 6.07) is 0. The molecule has 82 valence electrons. The molecule has 1 atom stereocenters. The molecule has 1 aliphatic rings. The van der Waals surface area contributed by atoms with E-state index in [0.29, 0.717) is 18.2 Å². The summed E-state index contributed by atoms with van der Waals surface area (Å²) in [5.74, 6) is 0.206. The molecule has 6 heteroatoms. The van der Waals surface area contributed by atoms with Gasteiger partial charge in [0.2, 0.25) is 0 Å². The number of amides is 1. The molecule has 0 bridgehead atoms. The van der Waals surface area contributed by atoms with E-state index in [1.165, 1.54) is 4.90 Å². The fraction of sp³-hybridized carbons (Fsp3) is 0.667. The van der Waals surface area contributed by atoms with Crippen LogP contribution in [0.5, 0.6) is 0 Å². The van der Waals surface area contributed by atoms with Crippen molar-refractivity contribution in [3.05, 3.63) is 11.1 Å². The van der Waals surface area contributed by atoms with E-state index in [-0.39, 0.29) is 5.91 Å². The Morgan fingerprint density at radius 2 is 2.53 bits per heavy atom. The summed E-state index contributed by atoms with van der Waals surface area (Å²) in [7, 11) is 1.67.